The van der Waals surface area contributed by atoms with Gasteiger partial charge in [0.15, 0.2) is 5.58 Å². The molecule has 1 aromatic heterocycles. The Labute approximate surface area is 152 Å². The Morgan fingerprint density at radius 2 is 1.92 bits per heavy atom. The molecule has 3 rings (SSSR count). The second-order valence-electron chi connectivity index (χ2n) is 5.80. The molecule has 136 valence electrons. The van der Waals surface area contributed by atoms with Crippen molar-refractivity contribution in [3.63, 3.8) is 0 Å². The van der Waals surface area contributed by atoms with Gasteiger partial charge in [0.05, 0.1) is 17.7 Å². The van der Waals surface area contributed by atoms with Crippen molar-refractivity contribution >= 4 is 22.8 Å². The summed E-state index contributed by atoms with van der Waals surface area (Å²) in [6.45, 7) is 7.91. The van der Waals surface area contributed by atoms with Crippen molar-refractivity contribution in [3.05, 3.63) is 42.0 Å². The first-order chi connectivity index (χ1) is 12.6. The number of phenols is 1. The van der Waals surface area contributed by atoms with Gasteiger partial charge >= 0.3 is 5.97 Å². The van der Waals surface area contributed by atoms with E-state index in [2.05, 4.69) is 23.7 Å². The molecule has 0 amide bonds. The largest absolute Gasteiger partial charge is 0.507 e. The average molecular weight is 354 g/mol. The van der Waals surface area contributed by atoms with Crippen molar-refractivity contribution in [2.45, 2.75) is 20.8 Å². The van der Waals surface area contributed by atoms with Crippen LogP contribution in [0.1, 0.15) is 31.1 Å². The number of phenolic OH excluding ortho intramolecular Hbond substituents is 1. The monoisotopic (exact) mass is 354 g/mol. The van der Waals surface area contributed by atoms with Crippen LogP contribution in [0.25, 0.3) is 22.6 Å². The van der Waals surface area contributed by atoms with Crippen LogP contribution in [0.15, 0.2) is 40.8 Å². The number of hydrogen-bond donors (Lipinski definition) is 1. The van der Waals surface area contributed by atoms with Crippen molar-refractivity contribution < 1.29 is 19.1 Å². The number of esters is 1. The van der Waals surface area contributed by atoms with E-state index in [1.807, 2.05) is 6.07 Å². The minimum atomic E-state index is -0.404. The van der Waals surface area contributed by atoms with Crippen LogP contribution in [0.2, 0.25) is 0 Å². The zero-order valence-electron chi connectivity index (χ0n) is 15.2. The first-order valence-electron chi connectivity index (χ1n) is 8.73. The predicted octanol–water partition coefficient (Wildman–Crippen LogP) is 4.22. The Kier molecular flexibility index (Phi) is 5.11. The SMILES string of the molecule is CCOC(=O)c1ccc2nc(-c3ccc(N(CC)CC)cc3O)oc2c1. The summed E-state index contributed by atoms with van der Waals surface area (Å²) in [7, 11) is 0. The quantitative estimate of drug-likeness (QED) is 0.668. The first-order valence-corrected chi connectivity index (χ1v) is 8.73. The average Bonchev–Trinajstić information content (AvgIpc) is 3.06. The van der Waals surface area contributed by atoms with E-state index < -0.39 is 5.97 Å². The van der Waals surface area contributed by atoms with Crippen LogP contribution in [-0.4, -0.2) is 35.8 Å². The summed E-state index contributed by atoms with van der Waals surface area (Å²) in [5, 5.41) is 10.4. The normalized spacial score (nSPS) is 10.9. The lowest BCUT2D eigenvalue weighted by atomic mass is 10.1. The maximum atomic E-state index is 11.8. The van der Waals surface area contributed by atoms with Gasteiger partial charge in [0, 0.05) is 24.8 Å². The highest BCUT2D eigenvalue weighted by Crippen LogP contribution is 2.34. The minimum Gasteiger partial charge on any atom is -0.507 e. The molecule has 6 nitrogen and oxygen atoms in total. The molecule has 0 bridgehead atoms. The molecule has 6 heteroatoms. The number of fused-ring (bicyclic) bond motifs is 1. The Hall–Kier alpha value is -3.02. The van der Waals surface area contributed by atoms with Crippen LogP contribution in [-0.2, 0) is 4.74 Å². The van der Waals surface area contributed by atoms with Gasteiger partial charge < -0.3 is 19.2 Å². The molecular weight excluding hydrogens is 332 g/mol. The summed E-state index contributed by atoms with van der Waals surface area (Å²) in [4.78, 5) is 18.4. The predicted molar refractivity (Wildman–Crippen MR) is 101 cm³/mol. The van der Waals surface area contributed by atoms with E-state index in [4.69, 9.17) is 9.15 Å². The zero-order valence-corrected chi connectivity index (χ0v) is 15.2. The van der Waals surface area contributed by atoms with Crippen LogP contribution in [0.5, 0.6) is 5.75 Å². The third kappa shape index (κ3) is 3.35. The highest BCUT2D eigenvalue weighted by molar-refractivity contribution is 5.93. The van der Waals surface area contributed by atoms with Crippen LogP contribution < -0.4 is 4.90 Å². The summed E-state index contributed by atoms with van der Waals surface area (Å²) < 4.78 is 10.8. The van der Waals surface area contributed by atoms with Crippen LogP contribution in [0.4, 0.5) is 5.69 Å². The summed E-state index contributed by atoms with van der Waals surface area (Å²) in [6, 6.07) is 10.4. The zero-order chi connectivity index (χ0) is 18.7. The van der Waals surface area contributed by atoms with Gasteiger partial charge in [-0.05, 0) is 51.1 Å². The Morgan fingerprint density at radius 1 is 1.15 bits per heavy atom. The molecule has 0 aliphatic heterocycles. The molecule has 26 heavy (non-hydrogen) atoms. The number of hydrogen-bond acceptors (Lipinski definition) is 6. The number of benzene rings is 2. The molecule has 0 atom stereocenters. The van der Waals surface area contributed by atoms with Gasteiger partial charge in [-0.15, -0.1) is 0 Å². The van der Waals surface area contributed by atoms with Crippen LogP contribution in [0, 0.1) is 0 Å². The Balaban J connectivity index is 1.96. The number of oxazole rings is 1. The van der Waals surface area contributed by atoms with Gasteiger partial charge in [-0.2, -0.15) is 0 Å². The Morgan fingerprint density at radius 3 is 2.58 bits per heavy atom. The molecule has 0 fully saturated rings. The highest BCUT2D eigenvalue weighted by Gasteiger charge is 2.16. The molecule has 0 spiro atoms. The fraction of sp³-hybridized carbons (Fsp3) is 0.300. The molecule has 3 aromatic rings. The van der Waals surface area contributed by atoms with Gasteiger partial charge in [0.25, 0.3) is 0 Å². The maximum absolute atomic E-state index is 11.8. The number of nitrogens with zero attached hydrogens (tertiary/aromatic N) is 2. The van der Waals surface area contributed by atoms with Crippen molar-refractivity contribution in [1.82, 2.24) is 4.98 Å². The number of aromatic hydroxyl groups is 1. The number of carbonyl (C=O) groups excluding carboxylic acids is 1. The van der Waals surface area contributed by atoms with E-state index in [0.29, 0.717) is 34.7 Å². The lowest BCUT2D eigenvalue weighted by Crippen LogP contribution is -2.21. The molecule has 0 unspecified atom stereocenters. The second kappa shape index (κ2) is 7.47. The summed E-state index contributed by atoms with van der Waals surface area (Å²) in [5.41, 5.74) is 2.94. The third-order valence-corrected chi connectivity index (χ3v) is 4.24. The number of carbonyl (C=O) groups is 1. The topological polar surface area (TPSA) is 75.8 Å². The molecule has 0 aliphatic carbocycles. The van der Waals surface area contributed by atoms with E-state index >= 15 is 0 Å². The fourth-order valence-corrected chi connectivity index (χ4v) is 2.87. The molecule has 0 saturated heterocycles. The van der Waals surface area contributed by atoms with E-state index in [1.165, 1.54) is 0 Å². The highest BCUT2D eigenvalue weighted by atomic mass is 16.5. The van der Waals surface area contributed by atoms with Gasteiger partial charge in [0.2, 0.25) is 5.89 Å². The molecule has 2 aromatic carbocycles. The molecule has 0 radical (unpaired) electrons. The van der Waals surface area contributed by atoms with Crippen molar-refractivity contribution in [2.24, 2.45) is 0 Å². The molecule has 1 N–H and O–H groups in total. The lowest BCUT2D eigenvalue weighted by molar-refractivity contribution is 0.0526. The molecular formula is C20H22N2O4. The first kappa shape index (κ1) is 17.8. The van der Waals surface area contributed by atoms with Gasteiger partial charge in [0.1, 0.15) is 11.3 Å². The Bertz CT molecular complexity index is 929. The summed E-state index contributed by atoms with van der Waals surface area (Å²) in [5.74, 6) is 0.00921. The second-order valence-corrected chi connectivity index (χ2v) is 5.80. The number of aromatic nitrogens is 1. The van der Waals surface area contributed by atoms with Gasteiger partial charge in [-0.25, -0.2) is 9.78 Å². The fourth-order valence-electron chi connectivity index (χ4n) is 2.87. The molecule has 0 saturated carbocycles. The molecule has 0 aliphatic rings. The lowest BCUT2D eigenvalue weighted by Gasteiger charge is -2.21. The minimum absolute atomic E-state index is 0.103. The number of ether oxygens (including phenoxy) is 1. The smallest absolute Gasteiger partial charge is 0.338 e. The summed E-state index contributed by atoms with van der Waals surface area (Å²) in [6.07, 6.45) is 0. The van der Waals surface area contributed by atoms with E-state index in [9.17, 15) is 9.90 Å². The van der Waals surface area contributed by atoms with Crippen molar-refractivity contribution in [1.29, 1.82) is 0 Å². The van der Waals surface area contributed by atoms with Crippen LogP contribution in [0.3, 0.4) is 0 Å². The van der Waals surface area contributed by atoms with Gasteiger partial charge in [-0.3, -0.25) is 0 Å². The van der Waals surface area contributed by atoms with E-state index in [1.54, 1.807) is 37.3 Å². The standard InChI is InChI=1S/C20H22N2O4/c1-4-22(5-2)14-8-9-15(17(23)12-14)19-21-16-10-7-13(11-18(16)26-19)20(24)25-6-3/h7-12,23H,4-6H2,1-3H3. The molecule has 1 heterocycles. The third-order valence-electron chi connectivity index (χ3n) is 4.24. The number of rotatable bonds is 6. The van der Waals surface area contributed by atoms with E-state index in [-0.39, 0.29) is 5.75 Å². The van der Waals surface area contributed by atoms with Crippen molar-refractivity contribution in [2.75, 3.05) is 24.6 Å². The van der Waals surface area contributed by atoms with E-state index in [0.717, 1.165) is 18.8 Å². The number of anilines is 1. The maximum Gasteiger partial charge on any atom is 0.338 e. The van der Waals surface area contributed by atoms with Crippen LogP contribution >= 0.6 is 0 Å². The van der Waals surface area contributed by atoms with Gasteiger partial charge in [-0.1, -0.05) is 0 Å². The van der Waals surface area contributed by atoms with Crippen molar-refractivity contribution in [3.8, 4) is 17.2 Å². The summed E-state index contributed by atoms with van der Waals surface area (Å²) >= 11 is 0.